The summed E-state index contributed by atoms with van der Waals surface area (Å²) in [4.78, 5) is 10.4. The summed E-state index contributed by atoms with van der Waals surface area (Å²) in [6.07, 6.45) is -0.821. The lowest BCUT2D eigenvalue weighted by Gasteiger charge is -2.28. The minimum absolute atomic E-state index is 0.202. The number of rotatable bonds is 5. The van der Waals surface area contributed by atoms with E-state index >= 15 is 0 Å². The van der Waals surface area contributed by atoms with Gasteiger partial charge in [-0.25, -0.2) is 13.2 Å². The molecule has 1 aromatic rings. The Morgan fingerprint density at radius 2 is 1.32 bits per heavy atom. The molecule has 0 atom stereocenters. The van der Waals surface area contributed by atoms with Crippen molar-refractivity contribution in [2.75, 3.05) is 0 Å². The topological polar surface area (TPSA) is 38.7 Å². The first kappa shape index (κ1) is 16.2. The van der Waals surface area contributed by atoms with Gasteiger partial charge >= 0.3 is 8.80 Å². The van der Waals surface area contributed by atoms with Crippen LogP contribution in [-0.2, 0) is 8.85 Å². The summed E-state index contributed by atoms with van der Waals surface area (Å²) in [6.45, 7) is 6.60. The van der Waals surface area contributed by atoms with Crippen molar-refractivity contribution >= 4 is 14.0 Å². The summed E-state index contributed by atoms with van der Waals surface area (Å²) in [5, 5.41) is -0.202. The minimum Gasteiger partial charge on any atom is -0.386 e. The fourth-order valence-electron chi connectivity index (χ4n) is 1.54. The van der Waals surface area contributed by atoms with Crippen LogP contribution in [0.2, 0.25) is 0 Å². The largest absolute Gasteiger partial charge is 0.535 e. The Labute approximate surface area is 111 Å². The van der Waals surface area contributed by atoms with Crippen molar-refractivity contribution in [2.24, 2.45) is 0 Å². The zero-order valence-electron chi connectivity index (χ0n) is 11.2. The van der Waals surface area contributed by atoms with Crippen LogP contribution >= 0.6 is 0 Å². The minimum atomic E-state index is -3.98. The molecule has 1 rings (SSSR count). The van der Waals surface area contributed by atoms with Crippen LogP contribution in [0.25, 0.3) is 0 Å². The zero-order valence-corrected chi connectivity index (χ0v) is 12.2. The standard InChI is InChI=1S/C12H17F3O3Si/c1-7(2)17-19(16,18-8(3)4)9-5-10(13)12(15)11(14)6-9/h5-8,16H,1-4H3. The van der Waals surface area contributed by atoms with Crippen molar-refractivity contribution in [1.29, 1.82) is 0 Å². The molecule has 1 aromatic carbocycles. The van der Waals surface area contributed by atoms with Crippen LogP contribution in [-0.4, -0.2) is 25.8 Å². The van der Waals surface area contributed by atoms with Crippen molar-refractivity contribution in [3.8, 4) is 0 Å². The van der Waals surface area contributed by atoms with Crippen molar-refractivity contribution < 1.29 is 26.8 Å². The van der Waals surface area contributed by atoms with Crippen LogP contribution < -0.4 is 5.19 Å². The molecule has 3 nitrogen and oxygen atoms in total. The quantitative estimate of drug-likeness (QED) is 0.667. The molecule has 0 aromatic heterocycles. The van der Waals surface area contributed by atoms with E-state index in [0.29, 0.717) is 12.1 Å². The summed E-state index contributed by atoms with van der Waals surface area (Å²) in [5.41, 5.74) is 0. The van der Waals surface area contributed by atoms with Gasteiger partial charge in [-0.15, -0.1) is 0 Å². The van der Waals surface area contributed by atoms with E-state index in [1.807, 2.05) is 0 Å². The van der Waals surface area contributed by atoms with Gasteiger partial charge in [0.25, 0.3) is 0 Å². The van der Waals surface area contributed by atoms with E-state index in [0.717, 1.165) is 0 Å². The Kier molecular flexibility index (Phi) is 5.14. The predicted molar refractivity (Wildman–Crippen MR) is 66.4 cm³/mol. The van der Waals surface area contributed by atoms with Crippen molar-refractivity contribution in [3.05, 3.63) is 29.6 Å². The molecule has 0 aliphatic rings. The molecule has 0 saturated heterocycles. The summed E-state index contributed by atoms with van der Waals surface area (Å²) in [6, 6.07) is 1.41. The van der Waals surface area contributed by atoms with Crippen LogP contribution in [0.3, 0.4) is 0 Å². The molecule has 0 amide bonds. The molecule has 1 N–H and O–H groups in total. The van der Waals surface area contributed by atoms with Gasteiger partial charge in [-0.05, 0) is 39.8 Å². The molecule has 0 aliphatic heterocycles. The second-order valence-corrected chi connectivity index (χ2v) is 6.88. The van der Waals surface area contributed by atoms with Crippen LogP contribution in [0.5, 0.6) is 0 Å². The highest BCUT2D eigenvalue weighted by atomic mass is 28.4. The highest BCUT2D eigenvalue weighted by Crippen LogP contribution is 2.15. The molecule has 0 radical (unpaired) electrons. The number of hydrogen-bond donors (Lipinski definition) is 1. The first-order valence-electron chi connectivity index (χ1n) is 5.88. The molecule has 0 aliphatic carbocycles. The average Bonchev–Trinajstić information content (AvgIpc) is 2.22. The van der Waals surface area contributed by atoms with Crippen molar-refractivity contribution in [3.63, 3.8) is 0 Å². The molecular formula is C12H17F3O3Si. The monoisotopic (exact) mass is 294 g/mol. The average molecular weight is 294 g/mol. The van der Waals surface area contributed by atoms with E-state index in [9.17, 15) is 18.0 Å². The third-order valence-corrected chi connectivity index (χ3v) is 4.74. The van der Waals surface area contributed by atoms with Gasteiger partial charge in [0.15, 0.2) is 17.5 Å². The lowest BCUT2D eigenvalue weighted by molar-refractivity contribution is 0.0604. The van der Waals surface area contributed by atoms with E-state index in [-0.39, 0.29) is 5.19 Å². The van der Waals surface area contributed by atoms with Gasteiger partial charge in [0.05, 0.1) is 0 Å². The smallest absolute Gasteiger partial charge is 0.386 e. The van der Waals surface area contributed by atoms with E-state index in [1.54, 1.807) is 27.7 Å². The lowest BCUT2D eigenvalue weighted by atomic mass is 10.3. The molecule has 0 bridgehead atoms. The summed E-state index contributed by atoms with van der Waals surface area (Å²) < 4.78 is 50.0. The van der Waals surface area contributed by atoms with Crippen LogP contribution in [0.4, 0.5) is 13.2 Å². The first-order chi connectivity index (χ1) is 8.65. The van der Waals surface area contributed by atoms with Gasteiger partial charge in [0.1, 0.15) is 0 Å². The first-order valence-corrected chi connectivity index (χ1v) is 7.65. The molecular weight excluding hydrogens is 277 g/mol. The van der Waals surface area contributed by atoms with E-state index in [2.05, 4.69) is 0 Å². The molecule has 108 valence electrons. The summed E-state index contributed by atoms with van der Waals surface area (Å²) >= 11 is 0. The Balaban J connectivity index is 3.24. The van der Waals surface area contributed by atoms with Gasteiger partial charge in [0.2, 0.25) is 0 Å². The van der Waals surface area contributed by atoms with Gasteiger partial charge in [-0.1, -0.05) is 0 Å². The number of hydrogen-bond acceptors (Lipinski definition) is 3. The molecule has 19 heavy (non-hydrogen) atoms. The third-order valence-electron chi connectivity index (χ3n) is 2.14. The fourth-order valence-corrected chi connectivity index (χ4v) is 3.76. The highest BCUT2D eigenvalue weighted by molar-refractivity contribution is 6.74. The van der Waals surface area contributed by atoms with Crippen LogP contribution in [0.1, 0.15) is 27.7 Å². The summed E-state index contributed by atoms with van der Waals surface area (Å²) in [7, 11) is -3.98. The second-order valence-electron chi connectivity index (χ2n) is 4.67. The molecule has 0 unspecified atom stereocenters. The van der Waals surface area contributed by atoms with E-state index in [4.69, 9.17) is 8.85 Å². The van der Waals surface area contributed by atoms with Crippen molar-refractivity contribution in [1.82, 2.24) is 0 Å². The predicted octanol–water partition coefficient (Wildman–Crippen LogP) is 2.09. The molecule has 7 heteroatoms. The highest BCUT2D eigenvalue weighted by Gasteiger charge is 2.43. The van der Waals surface area contributed by atoms with Crippen LogP contribution in [0, 0.1) is 17.5 Å². The molecule has 0 saturated carbocycles. The van der Waals surface area contributed by atoms with E-state index < -0.39 is 38.5 Å². The fraction of sp³-hybridized carbons (Fsp3) is 0.500. The van der Waals surface area contributed by atoms with Crippen molar-refractivity contribution in [2.45, 2.75) is 39.9 Å². The number of halogens is 3. The van der Waals surface area contributed by atoms with Gasteiger partial charge in [0, 0.05) is 17.4 Å². The Morgan fingerprint density at radius 1 is 0.947 bits per heavy atom. The second kappa shape index (κ2) is 6.04. The van der Waals surface area contributed by atoms with Crippen LogP contribution in [0.15, 0.2) is 12.1 Å². The molecule has 0 spiro atoms. The normalized spacial score (nSPS) is 12.5. The Bertz CT molecular complexity index is 419. The number of benzene rings is 1. The zero-order chi connectivity index (χ0) is 14.8. The third kappa shape index (κ3) is 4.03. The SMILES string of the molecule is CC(C)O[Si](O)(OC(C)C)c1cc(F)c(F)c(F)c1. The van der Waals surface area contributed by atoms with Gasteiger partial charge in [-0.3, -0.25) is 0 Å². The lowest BCUT2D eigenvalue weighted by Crippen LogP contribution is -2.57. The maximum atomic E-state index is 13.2. The van der Waals surface area contributed by atoms with E-state index in [1.165, 1.54) is 0 Å². The van der Waals surface area contributed by atoms with Gasteiger partial charge in [-0.2, -0.15) is 0 Å². The van der Waals surface area contributed by atoms with Gasteiger partial charge < -0.3 is 13.6 Å². The Morgan fingerprint density at radius 3 is 1.63 bits per heavy atom. The summed E-state index contributed by atoms with van der Waals surface area (Å²) in [5.74, 6) is -4.37. The molecule has 0 fully saturated rings. The maximum absolute atomic E-state index is 13.2. The molecule has 0 heterocycles. The maximum Gasteiger partial charge on any atom is 0.535 e. The Hall–Kier alpha value is -0.893.